The van der Waals surface area contributed by atoms with Crippen molar-refractivity contribution in [3.8, 4) is 17.2 Å². The van der Waals surface area contributed by atoms with Crippen molar-refractivity contribution in [3.63, 3.8) is 0 Å². The highest BCUT2D eigenvalue weighted by Crippen LogP contribution is 2.49. The Labute approximate surface area is 146 Å². The summed E-state index contributed by atoms with van der Waals surface area (Å²) in [5, 5.41) is 0. The second kappa shape index (κ2) is 6.75. The second-order valence-electron chi connectivity index (χ2n) is 6.20. The van der Waals surface area contributed by atoms with Crippen LogP contribution in [0.15, 0.2) is 24.3 Å². The molecule has 0 bridgehead atoms. The van der Waals surface area contributed by atoms with Crippen molar-refractivity contribution in [3.05, 3.63) is 52.3 Å². The van der Waals surface area contributed by atoms with Crippen LogP contribution in [-0.2, 0) is 11.2 Å². The Morgan fingerprint density at radius 1 is 1.04 bits per heavy atom. The van der Waals surface area contributed by atoms with Crippen molar-refractivity contribution in [2.24, 2.45) is 0 Å². The average Bonchev–Trinajstić information content (AvgIpc) is 2.61. The SMILES string of the molecule is COc1cc2c(c(OC)c1OC)C(c1ccc(F)c(C)c1)CC(=O)C2. The van der Waals surface area contributed by atoms with Gasteiger partial charge in [0, 0.05) is 24.3 Å². The average molecular weight is 344 g/mol. The minimum atomic E-state index is -0.259. The maximum Gasteiger partial charge on any atom is 0.203 e. The lowest BCUT2D eigenvalue weighted by Gasteiger charge is -2.29. The summed E-state index contributed by atoms with van der Waals surface area (Å²) in [4.78, 5) is 12.3. The maximum absolute atomic E-state index is 13.7. The number of hydrogen-bond donors (Lipinski definition) is 0. The van der Waals surface area contributed by atoms with Gasteiger partial charge in [-0.2, -0.15) is 0 Å². The summed E-state index contributed by atoms with van der Waals surface area (Å²) in [5.41, 5.74) is 3.21. The highest BCUT2D eigenvalue weighted by Gasteiger charge is 2.33. The molecule has 1 aliphatic carbocycles. The smallest absolute Gasteiger partial charge is 0.203 e. The summed E-state index contributed by atoms with van der Waals surface area (Å²) >= 11 is 0. The Morgan fingerprint density at radius 3 is 2.36 bits per heavy atom. The molecule has 0 aliphatic heterocycles. The van der Waals surface area contributed by atoms with Crippen LogP contribution in [-0.4, -0.2) is 27.1 Å². The fourth-order valence-corrected chi connectivity index (χ4v) is 3.54. The van der Waals surface area contributed by atoms with Gasteiger partial charge in [0.1, 0.15) is 11.6 Å². The first-order chi connectivity index (χ1) is 12.0. The van der Waals surface area contributed by atoms with Crippen LogP contribution >= 0.6 is 0 Å². The fraction of sp³-hybridized carbons (Fsp3) is 0.350. The molecule has 2 aromatic rings. The van der Waals surface area contributed by atoms with Crippen LogP contribution < -0.4 is 14.2 Å². The van der Waals surface area contributed by atoms with Gasteiger partial charge < -0.3 is 14.2 Å². The van der Waals surface area contributed by atoms with E-state index in [2.05, 4.69) is 0 Å². The molecule has 0 fully saturated rings. The molecule has 1 unspecified atom stereocenters. The molecule has 0 radical (unpaired) electrons. The van der Waals surface area contributed by atoms with Gasteiger partial charge in [0.05, 0.1) is 21.3 Å². The number of Topliss-reactive ketones (excluding diaryl/α,β-unsaturated/α-hetero) is 1. The lowest BCUT2D eigenvalue weighted by molar-refractivity contribution is -0.119. The van der Waals surface area contributed by atoms with Crippen molar-refractivity contribution in [1.82, 2.24) is 0 Å². The van der Waals surface area contributed by atoms with Crippen LogP contribution in [0.25, 0.3) is 0 Å². The molecule has 3 rings (SSSR count). The molecule has 25 heavy (non-hydrogen) atoms. The monoisotopic (exact) mass is 344 g/mol. The largest absolute Gasteiger partial charge is 0.493 e. The number of hydrogen-bond acceptors (Lipinski definition) is 4. The molecule has 0 spiro atoms. The van der Waals surface area contributed by atoms with E-state index in [1.807, 2.05) is 6.07 Å². The van der Waals surface area contributed by atoms with Gasteiger partial charge >= 0.3 is 0 Å². The van der Waals surface area contributed by atoms with Crippen molar-refractivity contribution in [2.45, 2.75) is 25.7 Å². The summed E-state index contributed by atoms with van der Waals surface area (Å²) in [5.74, 6) is 1.27. The predicted octanol–water partition coefficient (Wildman–Crippen LogP) is 3.81. The van der Waals surface area contributed by atoms with Gasteiger partial charge in [-0.15, -0.1) is 0 Å². The number of aryl methyl sites for hydroxylation is 1. The minimum Gasteiger partial charge on any atom is -0.493 e. The molecule has 0 amide bonds. The predicted molar refractivity (Wildman–Crippen MR) is 92.4 cm³/mol. The third-order valence-electron chi connectivity index (χ3n) is 4.71. The summed E-state index contributed by atoms with van der Waals surface area (Å²) in [7, 11) is 4.67. The molecule has 0 heterocycles. The van der Waals surface area contributed by atoms with Gasteiger partial charge in [0.25, 0.3) is 0 Å². The normalized spacial score (nSPS) is 16.4. The number of ether oxygens (including phenoxy) is 3. The molecule has 4 nitrogen and oxygen atoms in total. The highest BCUT2D eigenvalue weighted by molar-refractivity contribution is 5.86. The Hall–Kier alpha value is -2.56. The first-order valence-corrected chi connectivity index (χ1v) is 8.09. The molecular weight excluding hydrogens is 323 g/mol. The minimum absolute atomic E-state index is 0.133. The highest BCUT2D eigenvalue weighted by atomic mass is 19.1. The van der Waals surface area contributed by atoms with E-state index in [4.69, 9.17) is 14.2 Å². The fourth-order valence-electron chi connectivity index (χ4n) is 3.54. The first kappa shape index (κ1) is 17.3. The lowest BCUT2D eigenvalue weighted by atomic mass is 9.77. The zero-order valence-electron chi connectivity index (χ0n) is 14.8. The number of rotatable bonds is 4. The van der Waals surface area contributed by atoms with Crippen molar-refractivity contribution in [2.75, 3.05) is 21.3 Å². The number of methoxy groups -OCH3 is 3. The van der Waals surface area contributed by atoms with Crippen LogP contribution in [0, 0.1) is 12.7 Å². The summed E-state index contributed by atoms with van der Waals surface area (Å²) in [6, 6.07) is 6.79. The van der Waals surface area contributed by atoms with Crippen LogP contribution in [0.5, 0.6) is 17.2 Å². The number of benzene rings is 2. The number of ketones is 1. The van der Waals surface area contributed by atoms with E-state index >= 15 is 0 Å². The van der Waals surface area contributed by atoms with Gasteiger partial charge in [-0.05, 0) is 35.7 Å². The molecule has 0 saturated heterocycles. The third kappa shape index (κ3) is 2.95. The van der Waals surface area contributed by atoms with E-state index in [1.54, 1.807) is 40.4 Å². The van der Waals surface area contributed by atoms with Gasteiger partial charge in [0.2, 0.25) is 5.75 Å². The Balaban J connectivity index is 2.25. The van der Waals surface area contributed by atoms with Crippen LogP contribution in [0.1, 0.15) is 34.6 Å². The Bertz CT molecular complexity index is 829. The number of fused-ring (bicyclic) bond motifs is 1. The second-order valence-corrected chi connectivity index (χ2v) is 6.20. The number of halogens is 1. The summed E-state index contributed by atoms with van der Waals surface area (Å²) in [6.07, 6.45) is 0.673. The molecule has 1 aliphatic rings. The van der Waals surface area contributed by atoms with Gasteiger partial charge in [-0.1, -0.05) is 12.1 Å². The summed E-state index contributed by atoms with van der Waals surface area (Å²) in [6.45, 7) is 1.72. The molecule has 0 N–H and O–H groups in total. The van der Waals surface area contributed by atoms with Crippen LogP contribution in [0.4, 0.5) is 4.39 Å². The molecule has 1 atom stereocenters. The standard InChI is InChI=1S/C20H21FO4/c1-11-7-12(5-6-16(11)21)15-10-14(22)8-13-9-17(23-2)19(24-3)20(25-4)18(13)15/h5-7,9,15H,8,10H2,1-4H3. The van der Waals surface area contributed by atoms with Crippen molar-refractivity contribution < 1.29 is 23.4 Å². The Kier molecular flexibility index (Phi) is 4.66. The lowest BCUT2D eigenvalue weighted by Crippen LogP contribution is -2.21. The van der Waals surface area contributed by atoms with Gasteiger partial charge in [0.15, 0.2) is 11.5 Å². The van der Waals surface area contributed by atoms with Crippen molar-refractivity contribution >= 4 is 5.78 Å². The zero-order chi connectivity index (χ0) is 18.1. The van der Waals surface area contributed by atoms with E-state index in [0.717, 1.165) is 16.7 Å². The Morgan fingerprint density at radius 2 is 1.76 bits per heavy atom. The molecule has 2 aromatic carbocycles. The zero-order valence-corrected chi connectivity index (χ0v) is 14.8. The first-order valence-electron chi connectivity index (χ1n) is 8.09. The topological polar surface area (TPSA) is 44.8 Å². The van der Waals surface area contributed by atoms with E-state index in [1.165, 1.54) is 6.07 Å². The van der Waals surface area contributed by atoms with Crippen LogP contribution in [0.3, 0.4) is 0 Å². The van der Waals surface area contributed by atoms with E-state index in [-0.39, 0.29) is 17.5 Å². The maximum atomic E-state index is 13.7. The van der Waals surface area contributed by atoms with Crippen LogP contribution in [0.2, 0.25) is 0 Å². The molecule has 5 heteroatoms. The quantitative estimate of drug-likeness (QED) is 0.846. The molecule has 132 valence electrons. The van der Waals surface area contributed by atoms with Gasteiger partial charge in [-0.25, -0.2) is 4.39 Å². The molecule has 0 saturated carbocycles. The van der Waals surface area contributed by atoms with E-state index < -0.39 is 0 Å². The van der Waals surface area contributed by atoms with E-state index in [0.29, 0.717) is 35.7 Å². The number of carbonyl (C=O) groups excluding carboxylic acids is 1. The number of carbonyl (C=O) groups is 1. The third-order valence-corrected chi connectivity index (χ3v) is 4.71. The van der Waals surface area contributed by atoms with Crippen molar-refractivity contribution in [1.29, 1.82) is 0 Å². The van der Waals surface area contributed by atoms with E-state index in [9.17, 15) is 9.18 Å². The van der Waals surface area contributed by atoms with Gasteiger partial charge in [-0.3, -0.25) is 4.79 Å². The molecule has 0 aromatic heterocycles. The molecular formula is C20H21FO4. The summed E-state index contributed by atoms with van der Waals surface area (Å²) < 4.78 is 30.2.